The van der Waals surface area contributed by atoms with Gasteiger partial charge >= 0.3 is 12.0 Å². The number of halogens is 2. The number of rotatable bonds is 13. The summed E-state index contributed by atoms with van der Waals surface area (Å²) in [5.41, 5.74) is 1.01. The lowest BCUT2D eigenvalue weighted by atomic mass is 10.1. The lowest BCUT2D eigenvalue weighted by Crippen LogP contribution is -2.43. The molecule has 0 aliphatic heterocycles. The summed E-state index contributed by atoms with van der Waals surface area (Å²) >= 11 is 0. The van der Waals surface area contributed by atoms with Crippen LogP contribution < -0.4 is 10.1 Å². The van der Waals surface area contributed by atoms with Crippen LogP contribution in [0.2, 0.25) is 0 Å². The van der Waals surface area contributed by atoms with Gasteiger partial charge in [0.1, 0.15) is 24.0 Å². The van der Waals surface area contributed by atoms with Crippen molar-refractivity contribution in [1.29, 1.82) is 0 Å². The molecule has 0 aliphatic carbocycles. The van der Waals surface area contributed by atoms with Crippen molar-refractivity contribution in [2.24, 2.45) is 5.92 Å². The summed E-state index contributed by atoms with van der Waals surface area (Å²) in [7, 11) is 0. The van der Waals surface area contributed by atoms with Crippen LogP contribution in [0, 0.1) is 17.6 Å². The van der Waals surface area contributed by atoms with Gasteiger partial charge < -0.3 is 24.8 Å². The molecule has 34 heavy (non-hydrogen) atoms. The van der Waals surface area contributed by atoms with Crippen LogP contribution in [0.25, 0.3) is 0 Å². The number of carbonyl (C=O) groups is 2. The Kier molecular flexibility index (Phi) is 10.7. The fraction of sp³-hybridized carbons (Fsp3) is 0.440. The number of nitrogens with zero attached hydrogens (tertiary/aromatic N) is 1. The molecule has 7 nitrogen and oxygen atoms in total. The topological polar surface area (TPSA) is 88.1 Å². The molecule has 2 aromatic rings. The number of amides is 2. The van der Waals surface area contributed by atoms with E-state index in [0.29, 0.717) is 25.4 Å². The molecule has 0 radical (unpaired) electrons. The van der Waals surface area contributed by atoms with E-state index in [9.17, 15) is 23.5 Å². The Morgan fingerprint density at radius 3 is 2.41 bits per heavy atom. The van der Waals surface area contributed by atoms with Gasteiger partial charge in [-0.25, -0.2) is 18.4 Å². The van der Waals surface area contributed by atoms with Crippen LogP contribution in [-0.4, -0.2) is 54.4 Å². The highest BCUT2D eigenvalue weighted by molar-refractivity contribution is 5.74. The number of carbonyl (C=O) groups excluding carboxylic acids is 1. The van der Waals surface area contributed by atoms with E-state index < -0.39 is 23.7 Å². The Bertz CT molecular complexity index is 937. The van der Waals surface area contributed by atoms with Crippen LogP contribution in [0.1, 0.15) is 31.9 Å². The highest BCUT2D eigenvalue weighted by atomic mass is 19.1. The second kappa shape index (κ2) is 13.5. The first-order chi connectivity index (χ1) is 16.2. The van der Waals surface area contributed by atoms with Crippen LogP contribution in [0.5, 0.6) is 5.75 Å². The normalized spacial score (nSPS) is 11.8. The van der Waals surface area contributed by atoms with Crippen LogP contribution in [0.3, 0.4) is 0 Å². The molecule has 9 heteroatoms. The summed E-state index contributed by atoms with van der Waals surface area (Å²) in [6.45, 7) is 6.99. The zero-order chi connectivity index (χ0) is 25.1. The van der Waals surface area contributed by atoms with Crippen molar-refractivity contribution in [1.82, 2.24) is 10.2 Å². The standard InChI is InChI=1S/C25H32F2N2O5/c1-4-33-23(24(30)31)13-18-5-9-21(10-6-18)34-12-11-29(16-17(2)3)25(32)28-15-19-7-8-20(26)14-22(19)27/h5-10,14,17,23H,4,11-13,15-16H2,1-3H3,(H,28,32)(H,30,31). The molecular formula is C25H32F2N2O5. The first-order valence-corrected chi connectivity index (χ1v) is 11.2. The minimum atomic E-state index is -1.01. The summed E-state index contributed by atoms with van der Waals surface area (Å²) < 4.78 is 37.9. The summed E-state index contributed by atoms with van der Waals surface area (Å²) in [6, 6.07) is 9.90. The summed E-state index contributed by atoms with van der Waals surface area (Å²) in [6.07, 6.45) is -0.649. The van der Waals surface area contributed by atoms with E-state index in [-0.39, 0.29) is 37.1 Å². The van der Waals surface area contributed by atoms with E-state index in [4.69, 9.17) is 9.47 Å². The first-order valence-electron chi connectivity index (χ1n) is 11.2. The van der Waals surface area contributed by atoms with E-state index in [1.165, 1.54) is 6.07 Å². The zero-order valence-electron chi connectivity index (χ0n) is 19.7. The lowest BCUT2D eigenvalue weighted by molar-refractivity contribution is -0.149. The van der Waals surface area contributed by atoms with Gasteiger partial charge in [0.15, 0.2) is 6.10 Å². The molecule has 0 spiro atoms. The van der Waals surface area contributed by atoms with Crippen LogP contribution in [0.15, 0.2) is 42.5 Å². The smallest absolute Gasteiger partial charge is 0.333 e. The van der Waals surface area contributed by atoms with Crippen LogP contribution in [-0.2, 0) is 22.5 Å². The molecular weight excluding hydrogens is 446 g/mol. The molecule has 2 amide bonds. The Balaban J connectivity index is 1.88. The van der Waals surface area contributed by atoms with Gasteiger partial charge in [0.25, 0.3) is 0 Å². The number of nitrogens with one attached hydrogen (secondary N) is 1. The van der Waals surface area contributed by atoms with E-state index in [2.05, 4.69) is 5.32 Å². The van der Waals surface area contributed by atoms with Crippen molar-refractivity contribution in [2.75, 3.05) is 26.3 Å². The number of hydrogen-bond donors (Lipinski definition) is 2. The summed E-state index contributed by atoms with van der Waals surface area (Å²) in [5.74, 6) is -1.59. The molecule has 0 bridgehead atoms. The second-order valence-corrected chi connectivity index (χ2v) is 8.21. The minimum Gasteiger partial charge on any atom is -0.492 e. The maximum Gasteiger partial charge on any atom is 0.333 e. The van der Waals surface area contributed by atoms with Gasteiger partial charge in [0.05, 0.1) is 6.54 Å². The van der Waals surface area contributed by atoms with Gasteiger partial charge in [-0.15, -0.1) is 0 Å². The fourth-order valence-electron chi connectivity index (χ4n) is 3.29. The average Bonchev–Trinajstić information content (AvgIpc) is 2.78. The van der Waals surface area contributed by atoms with E-state index in [0.717, 1.165) is 17.7 Å². The Labute approximate surface area is 198 Å². The monoisotopic (exact) mass is 478 g/mol. The molecule has 1 unspecified atom stereocenters. The minimum absolute atomic E-state index is 0.0546. The molecule has 0 aromatic heterocycles. The van der Waals surface area contributed by atoms with Crippen molar-refractivity contribution in [3.8, 4) is 5.75 Å². The van der Waals surface area contributed by atoms with Crippen molar-refractivity contribution < 1.29 is 33.0 Å². The van der Waals surface area contributed by atoms with E-state index in [1.807, 2.05) is 13.8 Å². The number of carboxylic acids is 1. The number of ether oxygens (including phenoxy) is 2. The molecule has 0 saturated carbocycles. The van der Waals surface area contributed by atoms with Gasteiger partial charge in [0, 0.05) is 37.7 Å². The molecule has 2 N–H and O–H groups in total. The highest BCUT2D eigenvalue weighted by Crippen LogP contribution is 2.15. The quantitative estimate of drug-likeness (QED) is 0.450. The van der Waals surface area contributed by atoms with Gasteiger partial charge in [0.2, 0.25) is 0 Å². The van der Waals surface area contributed by atoms with Gasteiger partial charge in [-0.3, -0.25) is 0 Å². The maximum atomic E-state index is 13.8. The Hall–Kier alpha value is -3.20. The summed E-state index contributed by atoms with van der Waals surface area (Å²) in [4.78, 5) is 25.4. The molecule has 0 fully saturated rings. The van der Waals surface area contributed by atoms with Crippen molar-refractivity contribution in [3.05, 3.63) is 65.2 Å². The van der Waals surface area contributed by atoms with Crippen molar-refractivity contribution >= 4 is 12.0 Å². The predicted octanol–water partition coefficient (Wildman–Crippen LogP) is 4.24. The van der Waals surface area contributed by atoms with Crippen molar-refractivity contribution in [3.63, 3.8) is 0 Å². The SMILES string of the molecule is CCOC(Cc1ccc(OCCN(CC(C)C)C(=O)NCc2ccc(F)cc2F)cc1)C(=O)O. The van der Waals surface area contributed by atoms with Crippen LogP contribution >= 0.6 is 0 Å². The Morgan fingerprint density at radius 1 is 1.12 bits per heavy atom. The average molecular weight is 479 g/mol. The molecule has 2 rings (SSSR count). The van der Waals surface area contributed by atoms with Crippen LogP contribution in [0.4, 0.5) is 13.6 Å². The van der Waals surface area contributed by atoms with E-state index in [1.54, 1.807) is 36.1 Å². The van der Waals surface area contributed by atoms with E-state index >= 15 is 0 Å². The molecule has 0 saturated heterocycles. The highest BCUT2D eigenvalue weighted by Gasteiger charge is 2.18. The molecule has 2 aromatic carbocycles. The Morgan fingerprint density at radius 2 is 1.82 bits per heavy atom. The molecule has 0 aliphatic rings. The largest absolute Gasteiger partial charge is 0.492 e. The lowest BCUT2D eigenvalue weighted by Gasteiger charge is -2.25. The number of aliphatic carboxylic acids is 1. The third-order valence-corrected chi connectivity index (χ3v) is 4.94. The fourth-order valence-corrected chi connectivity index (χ4v) is 3.29. The molecule has 0 heterocycles. The second-order valence-electron chi connectivity index (χ2n) is 8.21. The van der Waals surface area contributed by atoms with Gasteiger partial charge in [-0.2, -0.15) is 0 Å². The first kappa shape index (κ1) is 27.0. The number of carboxylic acid groups (broad SMARTS) is 1. The van der Waals surface area contributed by atoms with Crippen molar-refractivity contribution in [2.45, 2.75) is 39.8 Å². The number of hydrogen-bond acceptors (Lipinski definition) is 4. The van der Waals surface area contributed by atoms with Gasteiger partial charge in [-0.1, -0.05) is 32.0 Å². The zero-order valence-corrected chi connectivity index (χ0v) is 19.7. The maximum absolute atomic E-state index is 13.8. The number of urea groups is 1. The van der Waals surface area contributed by atoms with Gasteiger partial charge in [-0.05, 0) is 36.6 Å². The predicted molar refractivity (Wildman–Crippen MR) is 124 cm³/mol. The third-order valence-electron chi connectivity index (χ3n) is 4.94. The third kappa shape index (κ3) is 8.97. The molecule has 1 atom stereocenters. The summed E-state index contributed by atoms with van der Waals surface area (Å²) in [5, 5.41) is 11.9. The molecule has 186 valence electrons. The number of benzene rings is 2.